The van der Waals surface area contributed by atoms with Crippen LogP contribution in [0.15, 0.2) is 59.1 Å². The Labute approximate surface area is 191 Å². The van der Waals surface area contributed by atoms with Crippen molar-refractivity contribution < 1.29 is 17.9 Å². The Kier molecular flexibility index (Phi) is 6.52. The first-order chi connectivity index (χ1) is 15.3. The fourth-order valence-corrected chi connectivity index (χ4v) is 4.60. The smallest absolute Gasteiger partial charge is 0.416 e. The summed E-state index contributed by atoms with van der Waals surface area (Å²) >= 11 is 3.08. The fourth-order valence-electron chi connectivity index (χ4n) is 2.85. The number of hydrogen-bond donors (Lipinski definition) is 0. The average Bonchev–Trinajstić information content (AvgIpc) is 3.38. The Hall–Kier alpha value is -2.85. The summed E-state index contributed by atoms with van der Waals surface area (Å²) in [5, 5.41) is 11.9. The van der Waals surface area contributed by atoms with Gasteiger partial charge >= 0.3 is 6.18 Å². The second-order valence-electron chi connectivity index (χ2n) is 7.07. The molecule has 2 aromatic heterocycles. The van der Waals surface area contributed by atoms with Crippen molar-refractivity contribution in [1.82, 2.24) is 19.7 Å². The van der Waals surface area contributed by atoms with E-state index in [1.807, 2.05) is 12.3 Å². The molecule has 0 aliphatic heterocycles. The van der Waals surface area contributed by atoms with Crippen molar-refractivity contribution in [3.05, 3.63) is 76.6 Å². The number of thioether (sulfide) groups is 1. The number of hydrogen-bond acceptors (Lipinski definition) is 6. The van der Waals surface area contributed by atoms with Crippen molar-refractivity contribution in [2.45, 2.75) is 30.6 Å². The second-order valence-corrected chi connectivity index (χ2v) is 8.87. The van der Waals surface area contributed by atoms with E-state index in [1.165, 1.54) is 29.5 Å². The quantitative estimate of drug-likeness (QED) is 0.300. The summed E-state index contributed by atoms with van der Waals surface area (Å²) in [6.45, 7) is 2.06. The topological polar surface area (TPSA) is 52.8 Å². The monoisotopic (exact) mass is 476 g/mol. The molecule has 0 saturated heterocycles. The van der Waals surface area contributed by atoms with Gasteiger partial charge in [-0.05, 0) is 25.1 Å². The third-order valence-corrected chi connectivity index (χ3v) is 6.65. The van der Waals surface area contributed by atoms with Gasteiger partial charge in [-0.15, -0.1) is 21.5 Å². The molecule has 0 saturated carbocycles. The summed E-state index contributed by atoms with van der Waals surface area (Å²) in [7, 11) is 1.80. The lowest BCUT2D eigenvalue weighted by Gasteiger charge is -2.10. The van der Waals surface area contributed by atoms with E-state index in [-0.39, 0.29) is 12.4 Å². The summed E-state index contributed by atoms with van der Waals surface area (Å²) in [5.74, 6) is 1.27. The normalized spacial score (nSPS) is 11.7. The van der Waals surface area contributed by atoms with Gasteiger partial charge in [0.1, 0.15) is 17.4 Å². The van der Waals surface area contributed by atoms with Crippen molar-refractivity contribution in [2.24, 2.45) is 7.05 Å². The third kappa shape index (κ3) is 5.31. The molecule has 0 radical (unpaired) electrons. The molecule has 0 bridgehead atoms. The summed E-state index contributed by atoms with van der Waals surface area (Å²) in [5.41, 5.74) is 2.48. The molecule has 0 spiro atoms. The molecule has 0 amide bonds. The van der Waals surface area contributed by atoms with Gasteiger partial charge in [-0.25, -0.2) is 4.98 Å². The zero-order chi connectivity index (χ0) is 22.7. The van der Waals surface area contributed by atoms with Gasteiger partial charge in [0.2, 0.25) is 0 Å². The van der Waals surface area contributed by atoms with E-state index in [0.717, 1.165) is 28.4 Å². The number of alkyl halides is 3. The van der Waals surface area contributed by atoms with E-state index in [4.69, 9.17) is 4.74 Å². The van der Waals surface area contributed by atoms with Crippen LogP contribution < -0.4 is 4.74 Å². The van der Waals surface area contributed by atoms with E-state index < -0.39 is 11.7 Å². The molecule has 5 nitrogen and oxygen atoms in total. The van der Waals surface area contributed by atoms with Crippen LogP contribution in [-0.4, -0.2) is 19.7 Å². The van der Waals surface area contributed by atoms with Crippen molar-refractivity contribution >= 4 is 23.1 Å². The average molecular weight is 477 g/mol. The lowest BCUT2D eigenvalue weighted by Crippen LogP contribution is -2.07. The Morgan fingerprint density at radius 1 is 1.09 bits per heavy atom. The third-order valence-electron chi connectivity index (χ3n) is 4.65. The van der Waals surface area contributed by atoms with Crippen molar-refractivity contribution in [1.29, 1.82) is 0 Å². The van der Waals surface area contributed by atoms with E-state index >= 15 is 0 Å². The number of benzene rings is 2. The van der Waals surface area contributed by atoms with Gasteiger partial charge in [0.25, 0.3) is 0 Å². The van der Waals surface area contributed by atoms with Gasteiger partial charge in [0.05, 0.1) is 11.3 Å². The molecule has 0 aliphatic rings. The van der Waals surface area contributed by atoms with Crippen LogP contribution in [0.4, 0.5) is 13.2 Å². The zero-order valence-electron chi connectivity index (χ0n) is 17.3. The van der Waals surface area contributed by atoms with Gasteiger partial charge in [0, 0.05) is 23.7 Å². The highest BCUT2D eigenvalue weighted by atomic mass is 32.2. The fraction of sp³-hybridized carbons (Fsp3) is 0.227. The van der Waals surface area contributed by atoms with Crippen molar-refractivity contribution in [3.8, 4) is 16.3 Å². The van der Waals surface area contributed by atoms with Gasteiger partial charge in [-0.2, -0.15) is 13.2 Å². The Balaban J connectivity index is 1.36. The van der Waals surface area contributed by atoms with E-state index in [2.05, 4.69) is 39.4 Å². The zero-order valence-corrected chi connectivity index (χ0v) is 18.9. The first-order valence-electron chi connectivity index (χ1n) is 9.62. The Morgan fingerprint density at radius 2 is 1.88 bits per heavy atom. The van der Waals surface area contributed by atoms with E-state index in [1.54, 1.807) is 23.0 Å². The SMILES string of the molecule is Cc1ccc(-c2nc(CSc3nnc(COc4cccc(C(F)(F)F)c4)n3C)cs2)cc1. The maximum Gasteiger partial charge on any atom is 0.416 e. The van der Waals surface area contributed by atoms with Crippen LogP contribution in [0.2, 0.25) is 0 Å². The predicted octanol–water partition coefficient (Wildman–Crippen LogP) is 6.14. The number of aryl methyl sites for hydroxylation is 1. The summed E-state index contributed by atoms with van der Waals surface area (Å²) in [4.78, 5) is 4.69. The molecule has 2 heterocycles. The lowest BCUT2D eigenvalue weighted by atomic mass is 10.2. The van der Waals surface area contributed by atoms with E-state index in [9.17, 15) is 13.2 Å². The maximum atomic E-state index is 12.8. The number of aromatic nitrogens is 4. The van der Waals surface area contributed by atoms with Crippen LogP contribution in [-0.2, 0) is 25.6 Å². The molecule has 2 aromatic carbocycles. The molecule has 0 unspecified atom stereocenters. The van der Waals surface area contributed by atoms with Gasteiger partial charge in [-0.3, -0.25) is 0 Å². The van der Waals surface area contributed by atoms with Crippen LogP contribution in [0.5, 0.6) is 5.75 Å². The first kappa shape index (κ1) is 22.3. The van der Waals surface area contributed by atoms with Crippen LogP contribution in [0.3, 0.4) is 0 Å². The second kappa shape index (κ2) is 9.33. The largest absolute Gasteiger partial charge is 0.486 e. The van der Waals surface area contributed by atoms with Crippen molar-refractivity contribution in [3.63, 3.8) is 0 Å². The number of nitrogens with zero attached hydrogens (tertiary/aromatic N) is 4. The summed E-state index contributed by atoms with van der Waals surface area (Å²) < 4.78 is 45.8. The Bertz CT molecular complexity index is 1200. The van der Waals surface area contributed by atoms with Crippen LogP contribution in [0, 0.1) is 6.92 Å². The van der Waals surface area contributed by atoms with Crippen molar-refractivity contribution in [2.75, 3.05) is 0 Å². The number of thiazole rings is 1. The molecule has 4 aromatic rings. The first-order valence-corrected chi connectivity index (χ1v) is 11.5. The van der Waals surface area contributed by atoms with Crippen LogP contribution >= 0.6 is 23.1 Å². The highest BCUT2D eigenvalue weighted by Crippen LogP contribution is 2.32. The van der Waals surface area contributed by atoms with Gasteiger partial charge in [0.15, 0.2) is 11.0 Å². The molecule has 32 heavy (non-hydrogen) atoms. The highest BCUT2D eigenvalue weighted by molar-refractivity contribution is 7.98. The van der Waals surface area contributed by atoms with Crippen LogP contribution in [0.1, 0.15) is 22.6 Å². The summed E-state index contributed by atoms with van der Waals surface area (Å²) in [6.07, 6.45) is -4.41. The maximum absolute atomic E-state index is 12.8. The molecule has 0 fully saturated rings. The van der Waals surface area contributed by atoms with Crippen LogP contribution in [0.25, 0.3) is 10.6 Å². The standard InChI is InChI=1S/C22H19F3N4OS2/c1-14-6-8-15(9-7-14)20-26-17(12-31-20)13-32-21-28-27-19(29(21)2)11-30-18-5-3-4-16(10-18)22(23,24)25/h3-10,12H,11,13H2,1-2H3. The molecule has 0 N–H and O–H groups in total. The molecule has 0 aliphatic carbocycles. The molecule has 0 atom stereocenters. The van der Waals surface area contributed by atoms with Gasteiger partial charge < -0.3 is 9.30 Å². The minimum atomic E-state index is -4.41. The lowest BCUT2D eigenvalue weighted by molar-refractivity contribution is -0.137. The predicted molar refractivity (Wildman–Crippen MR) is 119 cm³/mol. The minimum Gasteiger partial charge on any atom is -0.486 e. The van der Waals surface area contributed by atoms with Gasteiger partial charge in [-0.1, -0.05) is 47.7 Å². The minimum absolute atomic E-state index is 0.0135. The molecule has 166 valence electrons. The number of halogens is 3. The number of rotatable bonds is 7. The molecular formula is C22H19F3N4OS2. The Morgan fingerprint density at radius 3 is 2.62 bits per heavy atom. The molecular weight excluding hydrogens is 457 g/mol. The summed E-state index contributed by atoms with van der Waals surface area (Å²) in [6, 6.07) is 13.0. The molecule has 10 heteroatoms. The number of ether oxygens (including phenoxy) is 1. The van der Waals surface area contributed by atoms with E-state index in [0.29, 0.717) is 16.7 Å². The molecule has 4 rings (SSSR count). The highest BCUT2D eigenvalue weighted by Gasteiger charge is 2.30.